The van der Waals surface area contributed by atoms with Crippen LogP contribution < -0.4 is 10.9 Å². The summed E-state index contributed by atoms with van der Waals surface area (Å²) < 4.78 is 6.88. The van der Waals surface area contributed by atoms with Gasteiger partial charge in [-0.05, 0) is 38.1 Å². The quantitative estimate of drug-likeness (QED) is 0.876. The first-order valence-corrected chi connectivity index (χ1v) is 7.24. The van der Waals surface area contributed by atoms with E-state index in [0.717, 1.165) is 25.3 Å². The second-order valence-corrected chi connectivity index (χ2v) is 5.71. The molecule has 0 bridgehead atoms. The van der Waals surface area contributed by atoms with Crippen LogP contribution in [0.2, 0.25) is 0 Å². The number of nitrogens with zero attached hydrogens (tertiary/aromatic N) is 1. The highest BCUT2D eigenvalue weighted by Gasteiger charge is 2.30. The molecule has 18 heavy (non-hydrogen) atoms. The number of hydrogen-bond donors (Lipinski definition) is 1. The van der Waals surface area contributed by atoms with Gasteiger partial charge in [0.2, 0.25) is 0 Å². The molecule has 1 saturated heterocycles. The van der Waals surface area contributed by atoms with E-state index in [1.165, 1.54) is 44.4 Å². The first-order chi connectivity index (χ1) is 8.84. The van der Waals surface area contributed by atoms with E-state index in [2.05, 4.69) is 5.32 Å². The second-order valence-electron chi connectivity index (χ2n) is 5.71. The van der Waals surface area contributed by atoms with Crippen LogP contribution in [0.3, 0.4) is 0 Å². The molecule has 2 aliphatic rings. The third-order valence-corrected chi connectivity index (χ3v) is 4.56. The Balaban J connectivity index is 1.68. The Morgan fingerprint density at radius 3 is 2.78 bits per heavy atom. The number of nitrogens with one attached hydrogen (secondary N) is 1. The molecular formula is C14H22N2O2. The molecule has 4 nitrogen and oxygen atoms in total. The molecule has 2 fully saturated rings. The minimum atomic E-state index is 0.00398. The van der Waals surface area contributed by atoms with Crippen LogP contribution in [0.15, 0.2) is 21.6 Å². The molecule has 3 rings (SSSR count). The van der Waals surface area contributed by atoms with Crippen molar-refractivity contribution in [2.24, 2.45) is 5.92 Å². The summed E-state index contributed by atoms with van der Waals surface area (Å²) in [5.41, 5.74) is 0.00398. The van der Waals surface area contributed by atoms with Crippen molar-refractivity contribution in [2.75, 3.05) is 6.54 Å². The number of rotatable bonds is 2. The molecule has 100 valence electrons. The molecule has 0 unspecified atom stereocenters. The molecule has 2 heterocycles. The highest BCUT2D eigenvalue weighted by Crippen LogP contribution is 2.32. The Hall–Kier alpha value is -1.03. The maximum absolute atomic E-state index is 11.7. The van der Waals surface area contributed by atoms with Gasteiger partial charge in [0.1, 0.15) is 6.26 Å². The van der Waals surface area contributed by atoms with Gasteiger partial charge in [0.15, 0.2) is 0 Å². The third-order valence-electron chi connectivity index (χ3n) is 4.56. The average Bonchev–Trinajstić information content (AvgIpc) is 2.86. The van der Waals surface area contributed by atoms with Gasteiger partial charge in [-0.3, -0.25) is 4.79 Å². The lowest BCUT2D eigenvalue weighted by molar-refractivity contribution is 0.132. The van der Waals surface area contributed by atoms with Crippen molar-refractivity contribution in [1.82, 2.24) is 10.1 Å². The van der Waals surface area contributed by atoms with Crippen LogP contribution in [0.1, 0.15) is 51.0 Å². The highest BCUT2D eigenvalue weighted by molar-refractivity contribution is 4.89. The normalized spacial score (nSPS) is 30.4. The van der Waals surface area contributed by atoms with Gasteiger partial charge in [-0.25, -0.2) is 0 Å². The van der Waals surface area contributed by atoms with Crippen LogP contribution in [-0.4, -0.2) is 17.3 Å². The maximum Gasteiger partial charge on any atom is 0.282 e. The molecule has 1 aliphatic carbocycles. The molecule has 1 saturated carbocycles. The monoisotopic (exact) mass is 250 g/mol. The summed E-state index contributed by atoms with van der Waals surface area (Å²) in [4.78, 5) is 11.7. The van der Waals surface area contributed by atoms with Crippen molar-refractivity contribution in [3.05, 3.63) is 22.7 Å². The summed E-state index contributed by atoms with van der Waals surface area (Å²) in [5, 5.41) is 3.64. The van der Waals surface area contributed by atoms with Crippen molar-refractivity contribution in [1.29, 1.82) is 0 Å². The Kier molecular flexibility index (Phi) is 3.55. The molecule has 0 aromatic carbocycles. The van der Waals surface area contributed by atoms with E-state index in [0.29, 0.717) is 6.04 Å². The second kappa shape index (κ2) is 5.31. The Labute approximate surface area is 107 Å². The van der Waals surface area contributed by atoms with Crippen LogP contribution in [0, 0.1) is 5.92 Å². The van der Waals surface area contributed by atoms with E-state index in [1.54, 1.807) is 4.74 Å². The van der Waals surface area contributed by atoms with Crippen molar-refractivity contribution in [3.8, 4) is 0 Å². The van der Waals surface area contributed by atoms with Gasteiger partial charge in [0, 0.05) is 12.1 Å². The van der Waals surface area contributed by atoms with Crippen LogP contribution >= 0.6 is 0 Å². The van der Waals surface area contributed by atoms with Gasteiger partial charge in [-0.15, -0.1) is 0 Å². The molecule has 0 radical (unpaired) electrons. The van der Waals surface area contributed by atoms with Gasteiger partial charge in [-0.2, -0.15) is 4.74 Å². The number of aromatic nitrogens is 1. The summed E-state index contributed by atoms with van der Waals surface area (Å²) in [6, 6.07) is 2.33. The van der Waals surface area contributed by atoms with Crippen molar-refractivity contribution in [3.63, 3.8) is 0 Å². The predicted octanol–water partition coefficient (Wildman–Crippen LogP) is 2.31. The maximum atomic E-state index is 11.7. The lowest BCUT2D eigenvalue weighted by Crippen LogP contribution is -2.45. The fourth-order valence-corrected chi connectivity index (χ4v) is 3.58. The fourth-order valence-electron chi connectivity index (χ4n) is 3.58. The van der Waals surface area contributed by atoms with E-state index in [4.69, 9.17) is 4.52 Å². The van der Waals surface area contributed by atoms with Crippen LogP contribution in [0.5, 0.6) is 0 Å². The van der Waals surface area contributed by atoms with E-state index >= 15 is 0 Å². The van der Waals surface area contributed by atoms with Gasteiger partial charge in [0.25, 0.3) is 5.56 Å². The molecule has 0 spiro atoms. The lowest BCUT2D eigenvalue weighted by Gasteiger charge is -2.36. The minimum Gasteiger partial charge on any atom is -0.384 e. The molecule has 0 amide bonds. The zero-order chi connectivity index (χ0) is 12.4. The number of hydrogen-bond acceptors (Lipinski definition) is 3. The molecule has 1 aromatic rings. The topological polar surface area (TPSA) is 47.2 Å². The van der Waals surface area contributed by atoms with Gasteiger partial charge in [-0.1, -0.05) is 19.3 Å². The lowest BCUT2D eigenvalue weighted by atomic mass is 9.80. The Morgan fingerprint density at radius 1 is 1.22 bits per heavy atom. The molecule has 1 aromatic heterocycles. The first-order valence-electron chi connectivity index (χ1n) is 7.24. The van der Waals surface area contributed by atoms with Gasteiger partial charge >= 0.3 is 0 Å². The summed E-state index contributed by atoms with van der Waals surface area (Å²) in [6.45, 7) is 0.999. The molecule has 1 aliphatic heterocycles. The third kappa shape index (κ3) is 2.39. The van der Waals surface area contributed by atoms with Crippen molar-refractivity contribution >= 4 is 0 Å². The van der Waals surface area contributed by atoms with Crippen LogP contribution in [-0.2, 0) is 0 Å². The van der Waals surface area contributed by atoms with Crippen LogP contribution in [0.4, 0.5) is 0 Å². The fraction of sp³-hybridized carbons (Fsp3) is 0.786. The zero-order valence-electron chi connectivity index (χ0n) is 10.8. The SMILES string of the molecule is O=c1ccon1[C@H]1CCN[C@@H](C2CCCCC2)C1. The van der Waals surface area contributed by atoms with E-state index < -0.39 is 0 Å². The summed E-state index contributed by atoms with van der Waals surface area (Å²) >= 11 is 0. The van der Waals surface area contributed by atoms with Gasteiger partial charge in [0.05, 0.1) is 6.04 Å². The van der Waals surface area contributed by atoms with Crippen molar-refractivity contribution < 1.29 is 4.52 Å². The molecule has 1 N–H and O–H groups in total. The largest absolute Gasteiger partial charge is 0.384 e. The van der Waals surface area contributed by atoms with E-state index in [9.17, 15) is 4.79 Å². The first kappa shape index (κ1) is 12.0. The smallest absolute Gasteiger partial charge is 0.282 e. The average molecular weight is 250 g/mol. The van der Waals surface area contributed by atoms with E-state index in [-0.39, 0.29) is 11.6 Å². The standard InChI is InChI=1S/C14H22N2O2/c17-14-7-9-18-16(14)12-6-8-15-13(10-12)11-4-2-1-3-5-11/h7,9,11-13,15H,1-6,8,10H2/t12-,13+/m0/s1. The highest BCUT2D eigenvalue weighted by atomic mass is 16.5. The zero-order valence-corrected chi connectivity index (χ0v) is 10.8. The minimum absolute atomic E-state index is 0.00398. The number of piperidine rings is 1. The Bertz CT molecular complexity index is 431. The summed E-state index contributed by atoms with van der Waals surface area (Å²) in [5.74, 6) is 0.798. The summed E-state index contributed by atoms with van der Waals surface area (Å²) in [6.07, 6.45) is 10.4. The molecule has 4 heteroatoms. The van der Waals surface area contributed by atoms with Gasteiger partial charge < -0.3 is 9.84 Å². The predicted molar refractivity (Wildman–Crippen MR) is 69.6 cm³/mol. The van der Waals surface area contributed by atoms with E-state index in [1.807, 2.05) is 0 Å². The molecular weight excluding hydrogens is 228 g/mol. The Morgan fingerprint density at radius 2 is 2.06 bits per heavy atom. The summed E-state index contributed by atoms with van der Waals surface area (Å²) in [7, 11) is 0. The van der Waals surface area contributed by atoms with Crippen LogP contribution in [0.25, 0.3) is 0 Å². The van der Waals surface area contributed by atoms with Crippen molar-refractivity contribution in [2.45, 2.75) is 57.0 Å². The molecule has 2 atom stereocenters.